The molecule has 114 valence electrons. The second-order valence-corrected chi connectivity index (χ2v) is 6.23. The molecule has 3 rings (SSSR count). The van der Waals surface area contributed by atoms with E-state index in [1.165, 1.54) is 5.56 Å². The van der Waals surface area contributed by atoms with Crippen molar-refractivity contribution in [1.82, 2.24) is 4.90 Å². The van der Waals surface area contributed by atoms with E-state index in [0.717, 1.165) is 18.7 Å². The van der Waals surface area contributed by atoms with Crippen LogP contribution in [0.1, 0.15) is 24.0 Å². The third-order valence-electron chi connectivity index (χ3n) is 4.60. The third kappa shape index (κ3) is 2.74. The Labute approximate surface area is 130 Å². The molecule has 1 saturated heterocycles. The maximum atomic E-state index is 11.7. The Hall–Kier alpha value is -2.20. The van der Waals surface area contributed by atoms with E-state index in [1.54, 1.807) is 6.92 Å². The van der Waals surface area contributed by atoms with Crippen LogP contribution in [0.2, 0.25) is 0 Å². The van der Waals surface area contributed by atoms with Gasteiger partial charge in [0.1, 0.15) is 0 Å². The third-order valence-corrected chi connectivity index (χ3v) is 4.60. The Morgan fingerprint density at radius 1 is 1.14 bits per heavy atom. The summed E-state index contributed by atoms with van der Waals surface area (Å²) in [6.07, 6.45) is 0. The van der Waals surface area contributed by atoms with Crippen LogP contribution >= 0.6 is 0 Å². The highest BCUT2D eigenvalue weighted by Crippen LogP contribution is 2.38. The Morgan fingerprint density at radius 2 is 1.73 bits per heavy atom. The molecule has 0 unspecified atom stereocenters. The molecule has 4 heteroatoms. The van der Waals surface area contributed by atoms with E-state index < -0.39 is 5.54 Å². The van der Waals surface area contributed by atoms with E-state index in [2.05, 4.69) is 17.0 Å². The number of hydrogen-bond donors (Lipinski definition) is 0. The monoisotopic (exact) mass is 296 g/mol. The molecule has 1 heterocycles. The number of rotatable bonds is 4. The van der Waals surface area contributed by atoms with Crippen molar-refractivity contribution in [2.24, 2.45) is 0 Å². The topological polar surface area (TPSA) is 46.4 Å². The summed E-state index contributed by atoms with van der Waals surface area (Å²) in [4.78, 5) is 13.8. The lowest BCUT2D eigenvalue weighted by Gasteiger charge is -2.22. The second-order valence-electron chi connectivity index (χ2n) is 6.23. The summed E-state index contributed by atoms with van der Waals surface area (Å²) in [5.74, 6) is -0.0765. The van der Waals surface area contributed by atoms with Gasteiger partial charge in [0.2, 0.25) is 5.54 Å². The lowest BCUT2D eigenvalue weighted by Crippen LogP contribution is -2.42. The predicted molar refractivity (Wildman–Crippen MR) is 86.3 cm³/mol. The highest BCUT2D eigenvalue weighted by atomic mass is 16.6. The molecule has 1 aliphatic rings. The van der Waals surface area contributed by atoms with E-state index in [-0.39, 0.29) is 10.8 Å². The van der Waals surface area contributed by atoms with Crippen LogP contribution in [0.5, 0.6) is 0 Å². The van der Waals surface area contributed by atoms with E-state index in [4.69, 9.17) is 0 Å². The Morgan fingerprint density at radius 3 is 2.32 bits per heavy atom. The Kier molecular flexibility index (Phi) is 3.94. The van der Waals surface area contributed by atoms with Crippen molar-refractivity contribution in [1.29, 1.82) is 0 Å². The number of benzene rings is 2. The van der Waals surface area contributed by atoms with Gasteiger partial charge in [-0.1, -0.05) is 60.7 Å². The maximum absolute atomic E-state index is 11.7. The minimum atomic E-state index is -0.934. The summed E-state index contributed by atoms with van der Waals surface area (Å²) >= 11 is 0. The van der Waals surface area contributed by atoms with Crippen LogP contribution in [0.15, 0.2) is 60.7 Å². The fourth-order valence-corrected chi connectivity index (χ4v) is 3.38. The van der Waals surface area contributed by atoms with Gasteiger partial charge in [-0.25, -0.2) is 0 Å². The minimum Gasteiger partial charge on any atom is -0.291 e. The summed E-state index contributed by atoms with van der Waals surface area (Å²) < 4.78 is 0. The number of nitrogens with zero attached hydrogens (tertiary/aromatic N) is 2. The SMILES string of the molecule is C[C@]1([N+](=O)[O-])CN(Cc2ccccc2)C[C@@H]1c1ccccc1. The molecule has 4 nitrogen and oxygen atoms in total. The van der Waals surface area contributed by atoms with Crippen LogP contribution in [-0.4, -0.2) is 28.5 Å². The average Bonchev–Trinajstić information content (AvgIpc) is 2.87. The molecule has 1 aliphatic heterocycles. The molecule has 0 aliphatic carbocycles. The van der Waals surface area contributed by atoms with Crippen LogP contribution in [0, 0.1) is 10.1 Å². The van der Waals surface area contributed by atoms with Crippen LogP contribution in [0.4, 0.5) is 0 Å². The van der Waals surface area contributed by atoms with Gasteiger partial charge in [-0.3, -0.25) is 15.0 Å². The molecule has 1 fully saturated rings. The zero-order chi connectivity index (χ0) is 15.6. The van der Waals surface area contributed by atoms with Gasteiger partial charge < -0.3 is 0 Å². The zero-order valence-corrected chi connectivity index (χ0v) is 12.7. The van der Waals surface area contributed by atoms with Crippen molar-refractivity contribution in [3.05, 3.63) is 81.9 Å². The molecular formula is C18H20N2O2. The summed E-state index contributed by atoms with van der Waals surface area (Å²) in [6.45, 7) is 3.73. The summed E-state index contributed by atoms with van der Waals surface area (Å²) in [7, 11) is 0. The van der Waals surface area contributed by atoms with Crippen molar-refractivity contribution < 1.29 is 4.92 Å². The summed E-state index contributed by atoms with van der Waals surface area (Å²) in [6, 6.07) is 20.0. The Balaban J connectivity index is 1.85. The van der Waals surface area contributed by atoms with Gasteiger partial charge in [-0.05, 0) is 11.1 Å². The second kappa shape index (κ2) is 5.89. The molecule has 0 aromatic heterocycles. The smallest absolute Gasteiger partial charge is 0.239 e. The standard InChI is InChI=1S/C18H20N2O2/c1-18(20(21)22)14-19(12-15-8-4-2-5-9-15)13-17(18)16-10-6-3-7-11-16/h2-11,17H,12-14H2,1H3/t17-,18+/m1/s1. The molecule has 0 radical (unpaired) electrons. The molecule has 22 heavy (non-hydrogen) atoms. The maximum Gasteiger partial charge on any atom is 0.239 e. The molecule has 0 amide bonds. The van der Waals surface area contributed by atoms with Gasteiger partial charge in [0.25, 0.3) is 0 Å². The van der Waals surface area contributed by atoms with Gasteiger partial charge in [-0.2, -0.15) is 0 Å². The predicted octanol–water partition coefficient (Wildman–Crippen LogP) is 3.32. The van der Waals surface area contributed by atoms with Crippen molar-refractivity contribution in [3.8, 4) is 0 Å². The highest BCUT2D eigenvalue weighted by Gasteiger charge is 2.53. The van der Waals surface area contributed by atoms with Crippen LogP contribution in [0.25, 0.3) is 0 Å². The van der Waals surface area contributed by atoms with Crippen LogP contribution in [0.3, 0.4) is 0 Å². The van der Waals surface area contributed by atoms with Crippen molar-refractivity contribution in [3.63, 3.8) is 0 Å². The highest BCUT2D eigenvalue weighted by molar-refractivity contribution is 5.26. The molecule has 2 aromatic rings. The first kappa shape index (κ1) is 14.7. The van der Waals surface area contributed by atoms with E-state index in [0.29, 0.717) is 6.54 Å². The minimum absolute atomic E-state index is 0.0765. The zero-order valence-electron chi connectivity index (χ0n) is 12.7. The first-order valence-corrected chi connectivity index (χ1v) is 7.55. The Bertz CT molecular complexity index is 645. The molecule has 2 atom stereocenters. The van der Waals surface area contributed by atoms with Crippen LogP contribution in [-0.2, 0) is 6.54 Å². The van der Waals surface area contributed by atoms with E-state index in [1.807, 2.05) is 48.5 Å². The molecular weight excluding hydrogens is 276 g/mol. The average molecular weight is 296 g/mol. The van der Waals surface area contributed by atoms with Gasteiger partial charge in [0.15, 0.2) is 0 Å². The quantitative estimate of drug-likeness (QED) is 0.642. The lowest BCUT2D eigenvalue weighted by molar-refractivity contribution is -0.564. The van der Waals surface area contributed by atoms with Crippen molar-refractivity contribution >= 4 is 0 Å². The van der Waals surface area contributed by atoms with Gasteiger partial charge >= 0.3 is 0 Å². The number of nitro groups is 1. The fourth-order valence-electron chi connectivity index (χ4n) is 3.38. The first-order chi connectivity index (χ1) is 10.6. The van der Waals surface area contributed by atoms with E-state index >= 15 is 0 Å². The summed E-state index contributed by atoms with van der Waals surface area (Å²) in [5.41, 5.74) is 1.31. The van der Waals surface area contributed by atoms with Gasteiger partial charge in [0.05, 0.1) is 12.5 Å². The molecule has 0 bridgehead atoms. The van der Waals surface area contributed by atoms with Crippen molar-refractivity contribution in [2.75, 3.05) is 13.1 Å². The first-order valence-electron chi connectivity index (χ1n) is 7.55. The molecule has 0 spiro atoms. The number of likely N-dealkylation sites (tertiary alicyclic amines) is 1. The van der Waals surface area contributed by atoms with E-state index in [9.17, 15) is 10.1 Å². The van der Waals surface area contributed by atoms with Gasteiger partial charge in [-0.15, -0.1) is 0 Å². The lowest BCUT2D eigenvalue weighted by atomic mass is 9.84. The molecule has 0 N–H and O–H groups in total. The van der Waals surface area contributed by atoms with Crippen LogP contribution < -0.4 is 0 Å². The summed E-state index contributed by atoms with van der Waals surface area (Å²) in [5, 5.41) is 11.7. The van der Waals surface area contributed by atoms with Crippen molar-refractivity contribution in [2.45, 2.75) is 24.9 Å². The fraction of sp³-hybridized carbons (Fsp3) is 0.333. The number of hydrogen-bond acceptors (Lipinski definition) is 3. The van der Waals surface area contributed by atoms with Gasteiger partial charge in [0, 0.05) is 24.9 Å². The molecule has 2 aromatic carbocycles. The molecule has 0 saturated carbocycles. The largest absolute Gasteiger partial charge is 0.291 e. The normalized spacial score (nSPS) is 25.2.